The zero-order valence-corrected chi connectivity index (χ0v) is 24.0. The van der Waals surface area contributed by atoms with E-state index in [1.807, 2.05) is 30.3 Å². The lowest BCUT2D eigenvalue weighted by Crippen LogP contribution is -2.14. The first-order valence-corrected chi connectivity index (χ1v) is 14.8. The number of anilines is 2. The Morgan fingerprint density at radius 2 is 1.53 bits per heavy atom. The lowest BCUT2D eigenvalue weighted by Gasteiger charge is -2.14. The second-order valence-corrected chi connectivity index (χ2v) is 12.6. The van der Waals surface area contributed by atoms with E-state index in [-0.39, 0.29) is 46.7 Å². The summed E-state index contributed by atoms with van der Waals surface area (Å²) in [5.41, 5.74) is 3.84. The Morgan fingerprint density at radius 3 is 2.16 bits per heavy atom. The number of fused-ring (bicyclic) bond motifs is 1. The maximum absolute atomic E-state index is 13.1. The van der Waals surface area contributed by atoms with Crippen molar-refractivity contribution in [1.29, 1.82) is 0 Å². The van der Waals surface area contributed by atoms with Crippen LogP contribution in [0.2, 0.25) is 0 Å². The molecule has 5 aromatic rings. The molecule has 5 rings (SSSR count). The van der Waals surface area contributed by atoms with Crippen LogP contribution in [-0.4, -0.2) is 40.7 Å². The first kappa shape index (κ1) is 29.8. The molecule has 0 spiro atoms. The van der Waals surface area contributed by atoms with Crippen molar-refractivity contribution in [3.05, 3.63) is 102 Å². The average Bonchev–Trinajstić information content (AvgIpc) is 3.37. The highest BCUT2D eigenvalue weighted by Gasteiger charge is 2.22. The van der Waals surface area contributed by atoms with Crippen molar-refractivity contribution >= 4 is 32.9 Å². The molecule has 0 aliphatic rings. The highest BCUT2D eigenvalue weighted by molar-refractivity contribution is 7.92. The second kappa shape index (κ2) is 12.3. The van der Waals surface area contributed by atoms with Crippen LogP contribution in [0.1, 0.15) is 25.0 Å². The maximum atomic E-state index is 13.1. The van der Waals surface area contributed by atoms with Crippen molar-refractivity contribution in [1.82, 2.24) is 14.6 Å². The number of aromatic nitrogens is 3. The molecule has 0 saturated carbocycles. The number of hydrogen-bond acceptors (Lipinski definition) is 7. The fourth-order valence-corrected chi connectivity index (χ4v) is 5.48. The largest absolute Gasteiger partial charge is 0.433 e. The molecule has 43 heavy (non-hydrogen) atoms. The van der Waals surface area contributed by atoms with E-state index in [4.69, 9.17) is 0 Å². The number of halogens is 3. The monoisotopic (exact) mass is 608 g/mol. The van der Waals surface area contributed by atoms with Gasteiger partial charge in [0.1, 0.15) is 11.6 Å². The number of carbonyl (C=O) groups is 1. The molecule has 0 radical (unpaired) electrons. The standard InChI is InChI=1S/C31H27F3N4O4S/c1-19(2)43(40,41)26-12-13-27(28(17-26)42-30(33)34)35-31-36-29-14-9-23(18-38(29)37-31)22-7-3-20(4-8-22)15-25(39)16-21-5-10-24(32)11-6-21/h3-14,17-19,30H,15-16H2,1-2H3,(H,35,37). The van der Waals surface area contributed by atoms with E-state index in [0.717, 1.165) is 28.3 Å². The number of nitrogens with zero attached hydrogens (tertiary/aromatic N) is 3. The van der Waals surface area contributed by atoms with E-state index < -0.39 is 21.7 Å². The molecule has 12 heteroatoms. The number of alkyl halides is 2. The third-order valence-corrected chi connectivity index (χ3v) is 8.85. The molecule has 3 aromatic carbocycles. The van der Waals surface area contributed by atoms with E-state index in [0.29, 0.717) is 5.65 Å². The van der Waals surface area contributed by atoms with Crippen molar-refractivity contribution in [2.45, 2.75) is 43.4 Å². The van der Waals surface area contributed by atoms with Gasteiger partial charge in [-0.1, -0.05) is 36.4 Å². The van der Waals surface area contributed by atoms with E-state index in [9.17, 15) is 26.4 Å². The van der Waals surface area contributed by atoms with Gasteiger partial charge in [-0.25, -0.2) is 17.3 Å². The summed E-state index contributed by atoms with van der Waals surface area (Å²) in [6, 6.07) is 20.7. The quantitative estimate of drug-likeness (QED) is 0.185. The number of hydrogen-bond donors (Lipinski definition) is 1. The van der Waals surface area contributed by atoms with Crippen LogP contribution in [0.4, 0.5) is 24.8 Å². The summed E-state index contributed by atoms with van der Waals surface area (Å²) in [5.74, 6) is -0.594. The zero-order chi connectivity index (χ0) is 30.7. The summed E-state index contributed by atoms with van der Waals surface area (Å²) < 4.78 is 70.5. The van der Waals surface area contributed by atoms with Crippen LogP contribution in [0.5, 0.6) is 5.75 Å². The summed E-state index contributed by atoms with van der Waals surface area (Å²) in [5, 5.41) is 6.47. The minimum absolute atomic E-state index is 0.0155. The molecule has 0 unspecified atom stereocenters. The summed E-state index contributed by atoms with van der Waals surface area (Å²) in [7, 11) is -3.72. The Morgan fingerprint density at radius 1 is 0.907 bits per heavy atom. The Labute approximate surface area is 246 Å². The highest BCUT2D eigenvalue weighted by atomic mass is 32.2. The molecule has 2 aromatic heterocycles. The molecule has 0 amide bonds. The highest BCUT2D eigenvalue weighted by Crippen LogP contribution is 2.32. The van der Waals surface area contributed by atoms with Gasteiger partial charge in [0.2, 0.25) is 5.95 Å². The van der Waals surface area contributed by atoms with E-state index in [2.05, 4.69) is 20.1 Å². The minimum Gasteiger partial charge on any atom is -0.433 e. The SMILES string of the molecule is CC(C)S(=O)(=O)c1ccc(Nc2nc3ccc(-c4ccc(CC(=O)Cc5ccc(F)cc5)cc4)cn3n2)c(OC(F)F)c1. The smallest absolute Gasteiger partial charge is 0.387 e. The predicted molar refractivity (Wildman–Crippen MR) is 156 cm³/mol. The number of sulfone groups is 1. The molecular formula is C31H27F3N4O4S. The molecule has 0 aliphatic heterocycles. The van der Waals surface area contributed by atoms with Gasteiger partial charge in [-0.15, -0.1) is 5.10 Å². The number of pyridine rings is 1. The first-order chi connectivity index (χ1) is 20.5. The van der Waals surface area contributed by atoms with Gasteiger partial charge in [-0.05, 0) is 66.9 Å². The number of ketones is 1. The van der Waals surface area contributed by atoms with E-state index in [1.54, 1.807) is 24.4 Å². The van der Waals surface area contributed by atoms with Crippen molar-refractivity contribution in [3.8, 4) is 16.9 Å². The molecule has 0 saturated heterocycles. The van der Waals surface area contributed by atoms with Crippen LogP contribution in [0.15, 0.2) is 90.0 Å². The number of carbonyl (C=O) groups excluding carboxylic acids is 1. The maximum Gasteiger partial charge on any atom is 0.387 e. The van der Waals surface area contributed by atoms with Gasteiger partial charge in [0, 0.05) is 30.7 Å². The Kier molecular flexibility index (Phi) is 8.49. The molecule has 0 aliphatic carbocycles. The summed E-state index contributed by atoms with van der Waals surface area (Å²) in [4.78, 5) is 16.7. The topological polar surface area (TPSA) is 103 Å². The van der Waals surface area contributed by atoms with Crippen LogP contribution >= 0.6 is 0 Å². The third-order valence-electron chi connectivity index (χ3n) is 6.70. The average molecular weight is 609 g/mol. The number of ether oxygens (including phenoxy) is 1. The normalized spacial score (nSPS) is 11.8. The van der Waals surface area contributed by atoms with Gasteiger partial charge in [0.15, 0.2) is 21.2 Å². The summed E-state index contributed by atoms with van der Waals surface area (Å²) in [6.07, 6.45) is 2.21. The van der Waals surface area contributed by atoms with Crippen LogP contribution < -0.4 is 10.1 Å². The molecule has 2 heterocycles. The number of benzene rings is 3. The van der Waals surface area contributed by atoms with Crippen molar-refractivity contribution in [3.63, 3.8) is 0 Å². The molecular weight excluding hydrogens is 581 g/mol. The number of rotatable bonds is 11. The van der Waals surface area contributed by atoms with E-state index >= 15 is 0 Å². The van der Waals surface area contributed by atoms with Crippen molar-refractivity contribution in [2.75, 3.05) is 5.32 Å². The molecule has 222 valence electrons. The van der Waals surface area contributed by atoms with Crippen LogP contribution in [-0.2, 0) is 27.5 Å². The molecule has 0 atom stereocenters. The summed E-state index contributed by atoms with van der Waals surface area (Å²) >= 11 is 0. The minimum atomic E-state index is -3.72. The molecule has 8 nitrogen and oxygen atoms in total. The number of nitrogens with one attached hydrogen (secondary N) is 1. The molecule has 0 bridgehead atoms. The number of Topliss-reactive ketones (excluding diaryl/α,β-unsaturated/α-hetero) is 1. The van der Waals surface area contributed by atoms with Crippen molar-refractivity contribution in [2.24, 2.45) is 0 Å². The lowest BCUT2D eigenvalue weighted by molar-refractivity contribution is -0.117. The lowest BCUT2D eigenvalue weighted by atomic mass is 10.0. The Balaban J connectivity index is 1.31. The van der Waals surface area contributed by atoms with Gasteiger partial charge in [-0.3, -0.25) is 4.79 Å². The van der Waals surface area contributed by atoms with Crippen LogP contribution in [0.3, 0.4) is 0 Å². The molecule has 0 fully saturated rings. The second-order valence-electron chi connectivity index (χ2n) is 10.1. The predicted octanol–water partition coefficient (Wildman–Crippen LogP) is 6.42. The van der Waals surface area contributed by atoms with Crippen LogP contribution in [0.25, 0.3) is 16.8 Å². The Hall–Kier alpha value is -4.71. The van der Waals surface area contributed by atoms with Gasteiger partial charge in [0.25, 0.3) is 0 Å². The van der Waals surface area contributed by atoms with Crippen molar-refractivity contribution < 1.29 is 31.1 Å². The van der Waals surface area contributed by atoms with Gasteiger partial charge in [0.05, 0.1) is 15.8 Å². The first-order valence-electron chi connectivity index (χ1n) is 13.3. The van der Waals surface area contributed by atoms with Gasteiger partial charge >= 0.3 is 6.61 Å². The fourth-order valence-electron chi connectivity index (χ4n) is 4.41. The summed E-state index contributed by atoms with van der Waals surface area (Å²) in [6.45, 7) is -0.178. The van der Waals surface area contributed by atoms with Gasteiger partial charge < -0.3 is 10.1 Å². The Bertz CT molecular complexity index is 1870. The zero-order valence-electron chi connectivity index (χ0n) is 23.2. The fraction of sp³-hybridized carbons (Fsp3) is 0.194. The van der Waals surface area contributed by atoms with Crippen LogP contribution in [0, 0.1) is 5.82 Å². The van der Waals surface area contributed by atoms with Gasteiger partial charge in [-0.2, -0.15) is 13.8 Å². The molecule has 1 N–H and O–H groups in total. The third kappa shape index (κ3) is 7.03. The van der Waals surface area contributed by atoms with E-state index in [1.165, 1.54) is 42.6 Å².